The third-order valence-corrected chi connectivity index (χ3v) is 2.73. The van der Waals surface area contributed by atoms with Crippen molar-refractivity contribution in [3.05, 3.63) is 29.3 Å². The zero-order valence-electron chi connectivity index (χ0n) is 11.4. The Morgan fingerprint density at radius 1 is 1.35 bits per heavy atom. The van der Waals surface area contributed by atoms with Crippen LogP contribution in [0.4, 0.5) is 0 Å². The van der Waals surface area contributed by atoms with Crippen LogP contribution in [0, 0.1) is 6.92 Å². The highest BCUT2D eigenvalue weighted by Gasteiger charge is 2.04. The van der Waals surface area contributed by atoms with Crippen LogP contribution in [0.5, 0.6) is 5.75 Å². The van der Waals surface area contributed by atoms with Gasteiger partial charge in [-0.2, -0.15) is 0 Å². The van der Waals surface area contributed by atoms with Crippen molar-refractivity contribution in [2.45, 2.75) is 26.3 Å². The summed E-state index contributed by atoms with van der Waals surface area (Å²) >= 11 is 0. The van der Waals surface area contributed by atoms with Gasteiger partial charge in [0, 0.05) is 12.6 Å². The van der Waals surface area contributed by atoms with Crippen molar-refractivity contribution in [2.75, 3.05) is 27.2 Å². The second kappa shape index (κ2) is 6.62. The number of nitrogens with zero attached hydrogens (tertiary/aromatic N) is 1. The van der Waals surface area contributed by atoms with Crippen LogP contribution in [0.1, 0.15) is 30.5 Å². The predicted molar refractivity (Wildman–Crippen MR) is 72.4 cm³/mol. The van der Waals surface area contributed by atoms with Gasteiger partial charge in [0.15, 0.2) is 0 Å². The lowest BCUT2D eigenvalue weighted by atomic mass is 10.1. The summed E-state index contributed by atoms with van der Waals surface area (Å²) in [6.45, 7) is 5.87. The van der Waals surface area contributed by atoms with Gasteiger partial charge in [-0.3, -0.25) is 0 Å². The maximum absolute atomic E-state index is 5.84. The Labute approximate surface area is 105 Å². The number of ether oxygens (including phenoxy) is 1. The summed E-state index contributed by atoms with van der Waals surface area (Å²) in [5.74, 6) is 0.966. The zero-order chi connectivity index (χ0) is 12.8. The van der Waals surface area contributed by atoms with E-state index in [0.717, 1.165) is 36.4 Å². The molecule has 2 N–H and O–H groups in total. The molecule has 17 heavy (non-hydrogen) atoms. The molecule has 1 aromatic carbocycles. The van der Waals surface area contributed by atoms with Crippen LogP contribution in [0.25, 0.3) is 0 Å². The Balaban J connectivity index is 2.49. The molecule has 0 heterocycles. The molecule has 0 radical (unpaired) electrons. The number of rotatable bonds is 6. The second-order valence-corrected chi connectivity index (χ2v) is 4.82. The third kappa shape index (κ3) is 4.75. The molecule has 3 nitrogen and oxygen atoms in total. The molecule has 0 amide bonds. The van der Waals surface area contributed by atoms with Crippen LogP contribution >= 0.6 is 0 Å². The molecule has 0 aliphatic rings. The molecular formula is C14H24N2O. The van der Waals surface area contributed by atoms with E-state index in [0.29, 0.717) is 0 Å². The highest BCUT2D eigenvalue weighted by Crippen LogP contribution is 2.21. The Bertz CT molecular complexity index is 348. The fraction of sp³-hybridized carbons (Fsp3) is 0.571. The Hall–Kier alpha value is -1.06. The topological polar surface area (TPSA) is 38.5 Å². The molecule has 0 saturated heterocycles. The quantitative estimate of drug-likeness (QED) is 0.771. The number of benzene rings is 1. The normalized spacial score (nSPS) is 12.8. The lowest BCUT2D eigenvalue weighted by molar-refractivity contribution is 0.280. The van der Waals surface area contributed by atoms with Gasteiger partial charge in [-0.15, -0.1) is 0 Å². The van der Waals surface area contributed by atoms with E-state index < -0.39 is 0 Å². The fourth-order valence-electron chi connectivity index (χ4n) is 1.68. The summed E-state index contributed by atoms with van der Waals surface area (Å²) in [4.78, 5) is 2.16. The average Bonchev–Trinajstić information content (AvgIpc) is 2.25. The molecule has 0 aromatic heterocycles. The third-order valence-electron chi connectivity index (χ3n) is 2.73. The first-order chi connectivity index (χ1) is 8.00. The van der Waals surface area contributed by atoms with Crippen molar-refractivity contribution in [1.29, 1.82) is 0 Å². The van der Waals surface area contributed by atoms with Crippen LogP contribution in [0.15, 0.2) is 18.2 Å². The van der Waals surface area contributed by atoms with Crippen molar-refractivity contribution in [3.8, 4) is 5.75 Å². The summed E-state index contributed by atoms with van der Waals surface area (Å²) in [6, 6.07) is 6.24. The van der Waals surface area contributed by atoms with E-state index >= 15 is 0 Å². The highest BCUT2D eigenvalue weighted by molar-refractivity contribution is 5.37. The van der Waals surface area contributed by atoms with Gasteiger partial charge in [0.1, 0.15) is 5.75 Å². The van der Waals surface area contributed by atoms with Crippen LogP contribution < -0.4 is 10.5 Å². The molecule has 1 aromatic rings. The molecular weight excluding hydrogens is 212 g/mol. The maximum atomic E-state index is 5.84. The van der Waals surface area contributed by atoms with Gasteiger partial charge >= 0.3 is 0 Å². The van der Waals surface area contributed by atoms with E-state index in [9.17, 15) is 0 Å². The molecule has 0 saturated carbocycles. The molecule has 0 unspecified atom stereocenters. The van der Waals surface area contributed by atoms with Crippen molar-refractivity contribution in [3.63, 3.8) is 0 Å². The molecule has 1 atom stereocenters. The largest absolute Gasteiger partial charge is 0.493 e. The molecule has 0 aliphatic heterocycles. The van der Waals surface area contributed by atoms with Gasteiger partial charge in [0.25, 0.3) is 0 Å². The van der Waals surface area contributed by atoms with Gasteiger partial charge in [0.05, 0.1) is 6.61 Å². The number of hydrogen-bond donors (Lipinski definition) is 1. The summed E-state index contributed by atoms with van der Waals surface area (Å²) in [7, 11) is 4.14. The van der Waals surface area contributed by atoms with E-state index in [1.165, 1.54) is 0 Å². The number of hydrogen-bond acceptors (Lipinski definition) is 3. The van der Waals surface area contributed by atoms with Crippen LogP contribution in [-0.4, -0.2) is 32.1 Å². The van der Waals surface area contributed by atoms with Gasteiger partial charge in [-0.1, -0.05) is 12.1 Å². The average molecular weight is 236 g/mol. The first-order valence-corrected chi connectivity index (χ1v) is 6.14. The molecule has 0 bridgehead atoms. The number of nitrogens with two attached hydrogens (primary N) is 1. The zero-order valence-corrected chi connectivity index (χ0v) is 11.4. The first kappa shape index (κ1) is 14.0. The minimum Gasteiger partial charge on any atom is -0.493 e. The highest BCUT2D eigenvalue weighted by atomic mass is 16.5. The molecule has 3 heteroatoms. The summed E-state index contributed by atoms with van der Waals surface area (Å²) in [5, 5.41) is 0. The van der Waals surface area contributed by atoms with E-state index in [4.69, 9.17) is 10.5 Å². The fourth-order valence-corrected chi connectivity index (χ4v) is 1.68. The SMILES string of the molecule is Cc1cc([C@H](C)N)ccc1OCCCN(C)C. The predicted octanol–water partition coefficient (Wildman–Crippen LogP) is 2.35. The minimum atomic E-state index is 0.0801. The second-order valence-electron chi connectivity index (χ2n) is 4.82. The summed E-state index contributed by atoms with van der Waals surface area (Å²) in [6.07, 6.45) is 1.04. The lowest BCUT2D eigenvalue weighted by Crippen LogP contribution is -2.15. The lowest BCUT2D eigenvalue weighted by Gasteiger charge is -2.13. The summed E-state index contributed by atoms with van der Waals surface area (Å²) < 4.78 is 5.75. The Kier molecular flexibility index (Phi) is 5.45. The smallest absolute Gasteiger partial charge is 0.122 e. The van der Waals surface area contributed by atoms with E-state index in [2.05, 4.69) is 32.0 Å². The molecule has 0 fully saturated rings. The van der Waals surface area contributed by atoms with Crippen LogP contribution in [-0.2, 0) is 0 Å². The van der Waals surface area contributed by atoms with Crippen LogP contribution in [0.3, 0.4) is 0 Å². The van der Waals surface area contributed by atoms with Crippen molar-refractivity contribution in [2.24, 2.45) is 5.73 Å². The van der Waals surface area contributed by atoms with Gasteiger partial charge < -0.3 is 15.4 Å². The van der Waals surface area contributed by atoms with Crippen molar-refractivity contribution in [1.82, 2.24) is 4.90 Å². The van der Waals surface area contributed by atoms with Crippen LogP contribution in [0.2, 0.25) is 0 Å². The molecule has 1 rings (SSSR count). The minimum absolute atomic E-state index is 0.0801. The standard InChI is InChI=1S/C14H24N2O/c1-11-10-13(12(2)15)6-7-14(11)17-9-5-8-16(3)4/h6-7,10,12H,5,8-9,15H2,1-4H3/t12-/m0/s1. The first-order valence-electron chi connectivity index (χ1n) is 6.14. The molecule has 96 valence electrons. The van der Waals surface area contributed by atoms with Crippen molar-refractivity contribution < 1.29 is 4.74 Å². The van der Waals surface area contributed by atoms with E-state index in [1.807, 2.05) is 19.1 Å². The molecule has 0 aliphatic carbocycles. The van der Waals surface area contributed by atoms with Gasteiger partial charge in [-0.05, 0) is 51.6 Å². The van der Waals surface area contributed by atoms with Crippen molar-refractivity contribution >= 4 is 0 Å². The Morgan fingerprint density at radius 3 is 2.59 bits per heavy atom. The summed E-state index contributed by atoms with van der Waals surface area (Å²) in [5.41, 5.74) is 8.15. The number of aryl methyl sites for hydroxylation is 1. The monoisotopic (exact) mass is 236 g/mol. The molecule has 0 spiro atoms. The maximum Gasteiger partial charge on any atom is 0.122 e. The van der Waals surface area contributed by atoms with E-state index in [1.54, 1.807) is 0 Å². The van der Waals surface area contributed by atoms with Gasteiger partial charge in [0.2, 0.25) is 0 Å². The van der Waals surface area contributed by atoms with E-state index in [-0.39, 0.29) is 6.04 Å². The van der Waals surface area contributed by atoms with Gasteiger partial charge in [-0.25, -0.2) is 0 Å². The Morgan fingerprint density at radius 2 is 2.06 bits per heavy atom.